The number of benzene rings is 1. The van der Waals surface area contributed by atoms with Crippen molar-refractivity contribution in [3.8, 4) is 5.75 Å². The molecule has 0 aliphatic heterocycles. The molecule has 2 heterocycles. The van der Waals surface area contributed by atoms with E-state index in [1.54, 1.807) is 31.9 Å². The molecule has 5 nitrogen and oxygen atoms in total. The van der Waals surface area contributed by atoms with Crippen LogP contribution < -0.4 is 10.1 Å². The van der Waals surface area contributed by atoms with Gasteiger partial charge in [-0.25, -0.2) is 9.97 Å². The molecule has 0 radical (unpaired) electrons. The Morgan fingerprint density at radius 3 is 2.86 bits per heavy atom. The summed E-state index contributed by atoms with van der Waals surface area (Å²) in [6.45, 7) is 0.598. The zero-order chi connectivity index (χ0) is 15.4. The van der Waals surface area contributed by atoms with Crippen LogP contribution in [0.2, 0.25) is 0 Å². The summed E-state index contributed by atoms with van der Waals surface area (Å²) in [6, 6.07) is 9.86. The second-order valence-electron chi connectivity index (χ2n) is 4.70. The summed E-state index contributed by atoms with van der Waals surface area (Å²) in [5.74, 6) is 1.65. The van der Waals surface area contributed by atoms with Gasteiger partial charge in [0.05, 0.1) is 17.3 Å². The van der Waals surface area contributed by atoms with Gasteiger partial charge in [-0.15, -0.1) is 11.3 Å². The number of nitrogens with zero attached hydrogens (tertiary/aromatic N) is 2. The molecule has 0 amide bonds. The number of hydrogen-bond donors (Lipinski definition) is 1. The highest BCUT2D eigenvalue weighted by atomic mass is 32.1. The molecule has 0 bridgehead atoms. The average Bonchev–Trinajstić information content (AvgIpc) is 3.05. The summed E-state index contributed by atoms with van der Waals surface area (Å²) in [5, 5.41) is 5.37. The zero-order valence-electron chi connectivity index (χ0n) is 12.4. The molecule has 0 aliphatic carbocycles. The summed E-state index contributed by atoms with van der Waals surface area (Å²) >= 11 is 1.62. The Morgan fingerprint density at radius 2 is 2.05 bits per heavy atom. The van der Waals surface area contributed by atoms with Gasteiger partial charge in [0.1, 0.15) is 24.0 Å². The standard InChI is InChI=1S/C16H17N3O2S/c1-20-13-6-4-3-5-11(13)14(21-2)9-17-16-15-12(7-8-22-15)18-10-19-16/h3-8,10,14H,9H2,1-2H3,(H,17,18,19). The van der Waals surface area contributed by atoms with E-state index in [1.807, 2.05) is 35.7 Å². The molecule has 114 valence electrons. The predicted molar refractivity (Wildman–Crippen MR) is 88.6 cm³/mol. The van der Waals surface area contributed by atoms with Crippen LogP contribution in [0.15, 0.2) is 42.0 Å². The minimum atomic E-state index is -0.124. The van der Waals surface area contributed by atoms with Gasteiger partial charge in [-0.2, -0.15) is 0 Å². The highest BCUT2D eigenvalue weighted by Gasteiger charge is 2.16. The summed E-state index contributed by atoms with van der Waals surface area (Å²) in [7, 11) is 3.36. The van der Waals surface area contributed by atoms with Gasteiger partial charge < -0.3 is 14.8 Å². The van der Waals surface area contributed by atoms with Gasteiger partial charge >= 0.3 is 0 Å². The number of thiophene rings is 1. The quantitative estimate of drug-likeness (QED) is 0.754. The van der Waals surface area contributed by atoms with E-state index in [4.69, 9.17) is 9.47 Å². The maximum Gasteiger partial charge on any atom is 0.147 e. The largest absolute Gasteiger partial charge is 0.496 e. The van der Waals surface area contributed by atoms with Crippen LogP contribution in [-0.4, -0.2) is 30.7 Å². The van der Waals surface area contributed by atoms with Crippen molar-refractivity contribution in [2.75, 3.05) is 26.1 Å². The van der Waals surface area contributed by atoms with Crippen LogP contribution in [0.25, 0.3) is 10.2 Å². The third kappa shape index (κ3) is 2.88. The molecular formula is C16H17N3O2S. The SMILES string of the molecule is COc1ccccc1C(CNc1ncnc2ccsc12)OC. The van der Waals surface area contributed by atoms with Crippen molar-refractivity contribution in [3.05, 3.63) is 47.6 Å². The molecule has 1 N–H and O–H groups in total. The van der Waals surface area contributed by atoms with Crippen LogP contribution in [0.3, 0.4) is 0 Å². The van der Waals surface area contributed by atoms with Gasteiger partial charge in [0.2, 0.25) is 0 Å². The number of ether oxygens (including phenoxy) is 2. The van der Waals surface area contributed by atoms with E-state index < -0.39 is 0 Å². The molecule has 0 spiro atoms. The minimum Gasteiger partial charge on any atom is -0.496 e. The second kappa shape index (κ2) is 6.72. The predicted octanol–water partition coefficient (Wildman–Crippen LogP) is 3.50. The molecule has 0 saturated heterocycles. The number of methoxy groups -OCH3 is 2. The molecule has 0 aliphatic rings. The van der Waals surface area contributed by atoms with Gasteiger partial charge in [-0.1, -0.05) is 18.2 Å². The molecule has 3 rings (SSSR count). The fourth-order valence-corrected chi connectivity index (χ4v) is 3.17. The number of para-hydroxylation sites is 1. The third-order valence-electron chi connectivity index (χ3n) is 3.47. The monoisotopic (exact) mass is 315 g/mol. The van der Waals surface area contributed by atoms with Crippen molar-refractivity contribution in [2.45, 2.75) is 6.10 Å². The van der Waals surface area contributed by atoms with Crippen LogP contribution in [0.4, 0.5) is 5.82 Å². The molecule has 1 aromatic carbocycles. The van der Waals surface area contributed by atoms with Crippen LogP contribution >= 0.6 is 11.3 Å². The van der Waals surface area contributed by atoms with Crippen molar-refractivity contribution in [1.82, 2.24) is 9.97 Å². The lowest BCUT2D eigenvalue weighted by atomic mass is 10.1. The maximum absolute atomic E-state index is 5.61. The van der Waals surface area contributed by atoms with E-state index in [2.05, 4.69) is 15.3 Å². The Balaban J connectivity index is 1.80. The van der Waals surface area contributed by atoms with Crippen LogP contribution in [0, 0.1) is 0 Å². The van der Waals surface area contributed by atoms with Gasteiger partial charge in [0.25, 0.3) is 0 Å². The van der Waals surface area contributed by atoms with E-state index in [9.17, 15) is 0 Å². The molecule has 6 heteroatoms. The van der Waals surface area contributed by atoms with Crippen molar-refractivity contribution in [1.29, 1.82) is 0 Å². The Bertz CT molecular complexity index is 760. The highest BCUT2D eigenvalue weighted by molar-refractivity contribution is 7.17. The maximum atomic E-state index is 5.61. The molecule has 0 fully saturated rings. The van der Waals surface area contributed by atoms with E-state index in [0.717, 1.165) is 27.3 Å². The Labute approximate surface area is 132 Å². The molecule has 2 aromatic heterocycles. The highest BCUT2D eigenvalue weighted by Crippen LogP contribution is 2.29. The van der Waals surface area contributed by atoms with Crippen molar-refractivity contribution < 1.29 is 9.47 Å². The lowest BCUT2D eigenvalue weighted by Gasteiger charge is -2.19. The topological polar surface area (TPSA) is 56.3 Å². The Kier molecular flexibility index (Phi) is 4.50. The summed E-state index contributed by atoms with van der Waals surface area (Å²) < 4.78 is 12.1. The van der Waals surface area contributed by atoms with Crippen LogP contribution in [0.1, 0.15) is 11.7 Å². The van der Waals surface area contributed by atoms with Crippen molar-refractivity contribution in [3.63, 3.8) is 0 Å². The first kappa shape index (κ1) is 14.7. The number of anilines is 1. The molecular weight excluding hydrogens is 298 g/mol. The number of fused-ring (bicyclic) bond motifs is 1. The first-order valence-corrected chi connectivity index (χ1v) is 7.79. The molecule has 0 saturated carbocycles. The molecule has 22 heavy (non-hydrogen) atoms. The summed E-state index contributed by atoms with van der Waals surface area (Å²) in [6.07, 6.45) is 1.45. The zero-order valence-corrected chi connectivity index (χ0v) is 13.3. The van der Waals surface area contributed by atoms with Gasteiger partial charge in [-0.05, 0) is 17.5 Å². The number of nitrogens with one attached hydrogen (secondary N) is 1. The fraction of sp³-hybridized carbons (Fsp3) is 0.250. The first-order valence-electron chi connectivity index (χ1n) is 6.91. The summed E-state index contributed by atoms with van der Waals surface area (Å²) in [5.41, 5.74) is 1.96. The lowest BCUT2D eigenvalue weighted by molar-refractivity contribution is 0.111. The number of aromatic nitrogens is 2. The second-order valence-corrected chi connectivity index (χ2v) is 5.62. The molecule has 1 atom stereocenters. The van der Waals surface area contributed by atoms with Gasteiger partial charge in [0, 0.05) is 19.2 Å². The summed E-state index contributed by atoms with van der Waals surface area (Å²) in [4.78, 5) is 8.57. The van der Waals surface area contributed by atoms with E-state index in [0.29, 0.717) is 6.54 Å². The van der Waals surface area contributed by atoms with Gasteiger partial charge in [0.15, 0.2) is 0 Å². The normalized spacial score (nSPS) is 12.3. The fourth-order valence-electron chi connectivity index (χ4n) is 2.36. The van der Waals surface area contributed by atoms with Crippen LogP contribution in [0.5, 0.6) is 5.75 Å². The van der Waals surface area contributed by atoms with E-state index in [1.165, 1.54) is 0 Å². The van der Waals surface area contributed by atoms with Crippen LogP contribution in [-0.2, 0) is 4.74 Å². The lowest BCUT2D eigenvalue weighted by Crippen LogP contribution is -2.16. The minimum absolute atomic E-state index is 0.124. The number of hydrogen-bond acceptors (Lipinski definition) is 6. The van der Waals surface area contributed by atoms with Crippen molar-refractivity contribution >= 4 is 27.4 Å². The Morgan fingerprint density at radius 1 is 1.18 bits per heavy atom. The molecule has 3 aromatic rings. The smallest absolute Gasteiger partial charge is 0.147 e. The van der Waals surface area contributed by atoms with Crippen molar-refractivity contribution in [2.24, 2.45) is 0 Å². The average molecular weight is 315 g/mol. The number of rotatable bonds is 6. The van der Waals surface area contributed by atoms with Gasteiger partial charge in [-0.3, -0.25) is 0 Å². The van der Waals surface area contributed by atoms with E-state index in [-0.39, 0.29) is 6.10 Å². The third-order valence-corrected chi connectivity index (χ3v) is 4.38. The van der Waals surface area contributed by atoms with E-state index >= 15 is 0 Å². The Hall–Kier alpha value is -2.18. The molecule has 1 unspecified atom stereocenters. The first-order chi connectivity index (χ1) is 10.8.